The van der Waals surface area contributed by atoms with Crippen molar-refractivity contribution in [2.24, 2.45) is 0 Å². The number of carbonyl (C=O) groups is 1. The lowest BCUT2D eigenvalue weighted by molar-refractivity contribution is -0.137. The largest absolute Gasteiger partial charge is 0.495 e. The predicted molar refractivity (Wildman–Crippen MR) is 89.6 cm³/mol. The van der Waals surface area contributed by atoms with Crippen LogP contribution < -0.4 is 14.8 Å². The van der Waals surface area contributed by atoms with E-state index in [0.29, 0.717) is 11.8 Å². The molecule has 2 aromatic carbocycles. The quantitative estimate of drug-likeness (QED) is 0.821. The predicted octanol–water partition coefficient (Wildman–Crippen LogP) is 3.47. The molecule has 0 bridgehead atoms. The third kappa shape index (κ3) is 4.66. The third-order valence-corrected chi connectivity index (χ3v) is 4.60. The molecule has 0 aliphatic heterocycles. The molecule has 0 saturated carbocycles. The van der Waals surface area contributed by atoms with Crippen molar-refractivity contribution >= 4 is 27.3 Å². The maximum Gasteiger partial charge on any atom is 0.416 e. The molecule has 0 atom stereocenters. The number of nitrogens with one attached hydrogen (secondary N) is 2. The monoisotopic (exact) mass is 388 g/mol. The van der Waals surface area contributed by atoms with Crippen LogP contribution in [0.15, 0.2) is 47.4 Å². The number of carbonyl (C=O) groups excluding carboxylic acids is 1. The Morgan fingerprint density at radius 2 is 1.81 bits per heavy atom. The molecule has 140 valence electrons. The highest BCUT2D eigenvalue weighted by atomic mass is 32.2. The van der Waals surface area contributed by atoms with Gasteiger partial charge in [-0.1, -0.05) is 6.07 Å². The first kappa shape index (κ1) is 19.6. The summed E-state index contributed by atoms with van der Waals surface area (Å²) in [6.45, 7) is 1.27. The number of methoxy groups -OCH3 is 1. The lowest BCUT2D eigenvalue weighted by atomic mass is 10.2. The van der Waals surface area contributed by atoms with Crippen LogP contribution in [0.5, 0.6) is 5.75 Å². The van der Waals surface area contributed by atoms with Crippen molar-refractivity contribution in [2.45, 2.75) is 18.0 Å². The molecule has 2 aromatic rings. The highest BCUT2D eigenvalue weighted by Gasteiger charge is 2.31. The van der Waals surface area contributed by atoms with Crippen molar-refractivity contribution < 1.29 is 31.1 Å². The molecule has 0 aromatic heterocycles. The van der Waals surface area contributed by atoms with E-state index in [9.17, 15) is 26.4 Å². The van der Waals surface area contributed by atoms with E-state index in [1.54, 1.807) is 0 Å². The van der Waals surface area contributed by atoms with Gasteiger partial charge in [-0.3, -0.25) is 9.52 Å². The van der Waals surface area contributed by atoms with Crippen LogP contribution in [-0.4, -0.2) is 21.4 Å². The van der Waals surface area contributed by atoms with Crippen LogP contribution >= 0.6 is 0 Å². The van der Waals surface area contributed by atoms with Crippen LogP contribution in [0.25, 0.3) is 0 Å². The minimum atomic E-state index is -4.67. The van der Waals surface area contributed by atoms with Gasteiger partial charge >= 0.3 is 6.18 Å². The Kier molecular flexibility index (Phi) is 5.45. The Labute approximate surface area is 148 Å². The van der Waals surface area contributed by atoms with Gasteiger partial charge in [0.15, 0.2) is 0 Å². The van der Waals surface area contributed by atoms with Gasteiger partial charge in [0.2, 0.25) is 5.91 Å². The summed E-state index contributed by atoms with van der Waals surface area (Å²) in [5.74, 6) is -0.239. The summed E-state index contributed by atoms with van der Waals surface area (Å²) in [6, 6.07) is 7.55. The fourth-order valence-corrected chi connectivity index (χ4v) is 3.22. The van der Waals surface area contributed by atoms with Crippen molar-refractivity contribution in [3.63, 3.8) is 0 Å². The number of ether oxygens (including phenoxy) is 1. The van der Waals surface area contributed by atoms with Crippen LogP contribution in [0.4, 0.5) is 24.5 Å². The maximum absolute atomic E-state index is 12.8. The summed E-state index contributed by atoms with van der Waals surface area (Å²) < 4.78 is 70.5. The molecule has 0 heterocycles. The Bertz CT molecular complexity index is 927. The van der Waals surface area contributed by atoms with Gasteiger partial charge in [0.1, 0.15) is 5.75 Å². The lowest BCUT2D eigenvalue weighted by Crippen LogP contribution is -2.15. The number of hydrogen-bond acceptors (Lipinski definition) is 4. The fourth-order valence-electron chi connectivity index (χ4n) is 2.11. The van der Waals surface area contributed by atoms with E-state index in [1.807, 2.05) is 0 Å². The van der Waals surface area contributed by atoms with Gasteiger partial charge in [-0.2, -0.15) is 13.2 Å². The minimum Gasteiger partial charge on any atom is -0.495 e. The number of anilines is 2. The molecule has 0 unspecified atom stereocenters. The average Bonchev–Trinajstić information content (AvgIpc) is 2.53. The van der Waals surface area contributed by atoms with Gasteiger partial charge in [-0.05, 0) is 36.4 Å². The second-order valence-electron chi connectivity index (χ2n) is 5.23. The zero-order valence-electron chi connectivity index (χ0n) is 13.7. The molecule has 0 spiro atoms. The van der Waals surface area contributed by atoms with E-state index in [-0.39, 0.29) is 17.3 Å². The van der Waals surface area contributed by atoms with E-state index < -0.39 is 26.7 Å². The van der Waals surface area contributed by atoms with Crippen molar-refractivity contribution in [3.05, 3.63) is 48.0 Å². The smallest absolute Gasteiger partial charge is 0.416 e. The van der Waals surface area contributed by atoms with Gasteiger partial charge in [0, 0.05) is 12.6 Å². The first-order valence-electron chi connectivity index (χ1n) is 7.18. The zero-order chi connectivity index (χ0) is 19.5. The fraction of sp³-hybridized carbons (Fsp3) is 0.188. The van der Waals surface area contributed by atoms with E-state index in [1.165, 1.54) is 32.2 Å². The first-order valence-corrected chi connectivity index (χ1v) is 8.67. The van der Waals surface area contributed by atoms with E-state index in [2.05, 4.69) is 10.0 Å². The lowest BCUT2D eigenvalue weighted by Gasteiger charge is -2.14. The molecule has 0 aliphatic carbocycles. The van der Waals surface area contributed by atoms with Crippen molar-refractivity contribution in [3.8, 4) is 5.75 Å². The van der Waals surface area contributed by atoms with Crippen LogP contribution in [-0.2, 0) is 21.0 Å². The number of amides is 1. The number of sulfonamides is 1. The molecule has 0 saturated heterocycles. The summed E-state index contributed by atoms with van der Waals surface area (Å²) >= 11 is 0. The molecule has 26 heavy (non-hydrogen) atoms. The van der Waals surface area contributed by atoms with E-state index >= 15 is 0 Å². The van der Waals surface area contributed by atoms with Crippen LogP contribution in [0.1, 0.15) is 12.5 Å². The normalized spacial score (nSPS) is 11.7. The maximum atomic E-state index is 12.8. The Morgan fingerprint density at radius 1 is 1.12 bits per heavy atom. The van der Waals surface area contributed by atoms with Gasteiger partial charge in [-0.15, -0.1) is 0 Å². The number of benzene rings is 2. The van der Waals surface area contributed by atoms with Gasteiger partial charge in [0.25, 0.3) is 10.0 Å². The minimum absolute atomic E-state index is 0.0313. The topological polar surface area (TPSA) is 84.5 Å². The van der Waals surface area contributed by atoms with Crippen molar-refractivity contribution in [1.29, 1.82) is 0 Å². The number of halogens is 3. The summed E-state index contributed by atoms with van der Waals surface area (Å²) in [4.78, 5) is 10.6. The highest BCUT2D eigenvalue weighted by Crippen LogP contribution is 2.33. The first-order chi connectivity index (χ1) is 12.0. The van der Waals surface area contributed by atoms with Crippen LogP contribution in [0.2, 0.25) is 0 Å². The molecule has 2 N–H and O–H groups in total. The average molecular weight is 388 g/mol. The second-order valence-corrected chi connectivity index (χ2v) is 6.91. The molecule has 0 aliphatic rings. The SMILES string of the molecule is COc1ccc(NC(C)=O)cc1NS(=O)(=O)c1cccc(C(F)(F)F)c1. The molecule has 0 radical (unpaired) electrons. The zero-order valence-corrected chi connectivity index (χ0v) is 14.5. The standard InChI is InChI=1S/C16H15F3N2O4S/c1-10(22)20-12-6-7-15(25-2)14(9-12)21-26(23,24)13-5-3-4-11(8-13)16(17,18)19/h3-9,21H,1-2H3,(H,20,22). The van der Waals surface area contributed by atoms with Crippen molar-refractivity contribution in [2.75, 3.05) is 17.1 Å². The molecular formula is C16H15F3N2O4S. The Morgan fingerprint density at radius 3 is 2.38 bits per heavy atom. The second kappa shape index (κ2) is 7.24. The highest BCUT2D eigenvalue weighted by molar-refractivity contribution is 7.92. The summed E-state index contributed by atoms with van der Waals surface area (Å²) in [6.07, 6.45) is -4.67. The molecule has 6 nitrogen and oxygen atoms in total. The molecule has 0 fully saturated rings. The molecule has 10 heteroatoms. The summed E-state index contributed by atoms with van der Waals surface area (Å²) in [5.41, 5.74) is -0.824. The summed E-state index contributed by atoms with van der Waals surface area (Å²) in [5, 5.41) is 2.47. The summed E-state index contributed by atoms with van der Waals surface area (Å²) in [7, 11) is -3.02. The molecule has 2 rings (SSSR count). The van der Waals surface area contributed by atoms with E-state index in [0.717, 1.165) is 18.2 Å². The Hall–Kier alpha value is -2.75. The Balaban J connectivity index is 2.42. The third-order valence-electron chi connectivity index (χ3n) is 3.24. The van der Waals surface area contributed by atoms with E-state index in [4.69, 9.17) is 4.74 Å². The van der Waals surface area contributed by atoms with Crippen molar-refractivity contribution in [1.82, 2.24) is 0 Å². The van der Waals surface area contributed by atoms with Crippen LogP contribution in [0, 0.1) is 0 Å². The van der Waals surface area contributed by atoms with Gasteiger partial charge in [-0.25, -0.2) is 8.42 Å². The number of alkyl halides is 3. The molecular weight excluding hydrogens is 373 g/mol. The van der Waals surface area contributed by atoms with Crippen LogP contribution in [0.3, 0.4) is 0 Å². The number of rotatable bonds is 5. The van der Waals surface area contributed by atoms with Gasteiger partial charge < -0.3 is 10.1 Å². The molecule has 1 amide bonds. The van der Waals surface area contributed by atoms with Gasteiger partial charge in [0.05, 0.1) is 23.3 Å². The number of hydrogen-bond donors (Lipinski definition) is 2.